The van der Waals surface area contributed by atoms with Crippen LogP contribution >= 0.6 is 10.7 Å². The van der Waals surface area contributed by atoms with Gasteiger partial charge >= 0.3 is 0 Å². The fourth-order valence-electron chi connectivity index (χ4n) is 2.40. The van der Waals surface area contributed by atoms with E-state index in [4.69, 9.17) is 20.2 Å². The van der Waals surface area contributed by atoms with Crippen LogP contribution in [0.2, 0.25) is 0 Å². The van der Waals surface area contributed by atoms with Gasteiger partial charge in [-0.25, -0.2) is 8.42 Å². The lowest BCUT2D eigenvalue weighted by atomic mass is 10.0. The Morgan fingerprint density at radius 1 is 1.18 bits per heavy atom. The van der Waals surface area contributed by atoms with Crippen LogP contribution in [-0.2, 0) is 27.6 Å². The molecule has 0 aliphatic carbocycles. The molecule has 17 heavy (non-hydrogen) atoms. The average molecular weight is 275 g/mol. The van der Waals surface area contributed by atoms with E-state index < -0.39 is 9.05 Å². The lowest BCUT2D eigenvalue weighted by Gasteiger charge is -2.10. The van der Waals surface area contributed by atoms with Crippen LogP contribution in [0.1, 0.15) is 16.7 Å². The van der Waals surface area contributed by atoms with Crippen LogP contribution in [0.5, 0.6) is 11.5 Å². The highest BCUT2D eigenvalue weighted by atomic mass is 35.7. The summed E-state index contributed by atoms with van der Waals surface area (Å²) in [4.78, 5) is 0. The van der Waals surface area contributed by atoms with Gasteiger partial charge in [0.2, 0.25) is 9.05 Å². The Morgan fingerprint density at radius 3 is 2.65 bits per heavy atom. The van der Waals surface area contributed by atoms with Crippen molar-refractivity contribution >= 4 is 19.7 Å². The predicted octanol–water partition coefficient (Wildman–Crippen LogP) is 1.62. The number of benzene rings is 1. The molecule has 2 heterocycles. The first-order valence-electron chi connectivity index (χ1n) is 5.40. The normalized spacial score (nSPS) is 17.2. The molecule has 1 aromatic carbocycles. The number of fused-ring (bicyclic) bond motifs is 3. The van der Waals surface area contributed by atoms with Gasteiger partial charge in [0.1, 0.15) is 0 Å². The van der Waals surface area contributed by atoms with Crippen LogP contribution < -0.4 is 9.47 Å². The van der Waals surface area contributed by atoms with E-state index in [0.29, 0.717) is 19.6 Å². The van der Waals surface area contributed by atoms with Crippen LogP contribution in [0.3, 0.4) is 0 Å². The van der Waals surface area contributed by atoms with Crippen LogP contribution in [0.15, 0.2) is 6.07 Å². The molecule has 0 saturated heterocycles. The summed E-state index contributed by atoms with van der Waals surface area (Å²) in [5.41, 5.74) is 2.69. The van der Waals surface area contributed by atoms with Gasteiger partial charge in [-0.2, -0.15) is 0 Å². The standard InChI is InChI=1S/C11H11ClO4S/c12-17(13,14)6-8-5-7-1-3-15-10(7)11-9(8)2-4-16-11/h5H,1-4,6H2. The zero-order valence-electron chi connectivity index (χ0n) is 9.03. The first-order chi connectivity index (χ1) is 8.04. The largest absolute Gasteiger partial charge is 0.489 e. The van der Waals surface area contributed by atoms with Crippen molar-refractivity contribution in [1.82, 2.24) is 0 Å². The molecule has 0 radical (unpaired) electrons. The van der Waals surface area contributed by atoms with Crippen molar-refractivity contribution in [1.29, 1.82) is 0 Å². The van der Waals surface area contributed by atoms with Gasteiger partial charge in [0.05, 0.1) is 19.0 Å². The second-order valence-electron chi connectivity index (χ2n) is 4.21. The van der Waals surface area contributed by atoms with E-state index in [1.165, 1.54) is 0 Å². The van der Waals surface area contributed by atoms with E-state index in [-0.39, 0.29) is 5.75 Å². The summed E-state index contributed by atoms with van der Waals surface area (Å²) in [7, 11) is 1.78. The molecule has 3 rings (SSSR count). The minimum absolute atomic E-state index is 0.145. The molecule has 1 aromatic rings. The Balaban J connectivity index is 2.14. The van der Waals surface area contributed by atoms with Gasteiger partial charge in [0.15, 0.2) is 11.5 Å². The van der Waals surface area contributed by atoms with Gasteiger partial charge in [-0.15, -0.1) is 0 Å². The van der Waals surface area contributed by atoms with Gasteiger partial charge in [0.25, 0.3) is 0 Å². The van der Waals surface area contributed by atoms with Gasteiger partial charge in [-0.1, -0.05) is 6.07 Å². The molecule has 0 unspecified atom stereocenters. The molecular formula is C11H11ClO4S. The Hall–Kier alpha value is -0.940. The first-order valence-corrected chi connectivity index (χ1v) is 7.88. The highest BCUT2D eigenvalue weighted by molar-refractivity contribution is 8.13. The highest BCUT2D eigenvalue weighted by Crippen LogP contribution is 2.44. The summed E-state index contributed by atoms with van der Waals surface area (Å²) in [6, 6.07) is 1.88. The van der Waals surface area contributed by atoms with Crippen molar-refractivity contribution in [2.75, 3.05) is 13.2 Å². The fraction of sp³-hybridized carbons (Fsp3) is 0.455. The smallest absolute Gasteiger partial charge is 0.236 e. The average Bonchev–Trinajstić information content (AvgIpc) is 2.79. The molecule has 0 bridgehead atoms. The molecule has 0 amide bonds. The lowest BCUT2D eigenvalue weighted by Crippen LogP contribution is -2.00. The molecule has 0 saturated carbocycles. The van der Waals surface area contributed by atoms with Crippen LogP contribution in [0, 0.1) is 0 Å². The monoisotopic (exact) mass is 274 g/mol. The van der Waals surface area contributed by atoms with Crippen molar-refractivity contribution in [3.8, 4) is 11.5 Å². The third-order valence-electron chi connectivity index (χ3n) is 3.05. The lowest BCUT2D eigenvalue weighted by molar-refractivity contribution is 0.310. The summed E-state index contributed by atoms with van der Waals surface area (Å²) < 4.78 is 33.4. The molecule has 0 aromatic heterocycles. The molecule has 2 aliphatic rings. The van der Waals surface area contributed by atoms with Crippen molar-refractivity contribution in [2.24, 2.45) is 0 Å². The van der Waals surface area contributed by atoms with E-state index in [9.17, 15) is 8.42 Å². The third kappa shape index (κ3) is 1.98. The third-order valence-corrected chi connectivity index (χ3v) is 4.04. The number of hydrogen-bond donors (Lipinski definition) is 0. The second-order valence-corrected chi connectivity index (χ2v) is 6.99. The summed E-state index contributed by atoms with van der Waals surface area (Å²) in [5, 5.41) is 0. The van der Waals surface area contributed by atoms with E-state index in [0.717, 1.165) is 34.6 Å². The maximum atomic E-state index is 11.2. The van der Waals surface area contributed by atoms with Crippen LogP contribution in [0.4, 0.5) is 0 Å². The summed E-state index contributed by atoms with van der Waals surface area (Å²) in [6.45, 7) is 1.20. The molecule has 4 nitrogen and oxygen atoms in total. The van der Waals surface area contributed by atoms with Crippen molar-refractivity contribution in [3.63, 3.8) is 0 Å². The Kier molecular flexibility index (Phi) is 2.48. The van der Waals surface area contributed by atoms with Crippen LogP contribution in [0.25, 0.3) is 0 Å². The fourth-order valence-corrected chi connectivity index (χ4v) is 3.38. The molecule has 0 spiro atoms. The Bertz CT molecular complexity index is 580. The van der Waals surface area contributed by atoms with Gasteiger partial charge in [-0.3, -0.25) is 0 Å². The summed E-state index contributed by atoms with van der Waals surface area (Å²) >= 11 is 0. The predicted molar refractivity (Wildman–Crippen MR) is 63.3 cm³/mol. The van der Waals surface area contributed by atoms with Crippen molar-refractivity contribution in [2.45, 2.75) is 18.6 Å². The van der Waals surface area contributed by atoms with Gasteiger partial charge < -0.3 is 9.47 Å². The van der Waals surface area contributed by atoms with E-state index in [1.807, 2.05) is 6.07 Å². The molecule has 0 fully saturated rings. The molecule has 0 N–H and O–H groups in total. The van der Waals surface area contributed by atoms with E-state index in [2.05, 4.69) is 0 Å². The van der Waals surface area contributed by atoms with Crippen molar-refractivity contribution in [3.05, 3.63) is 22.8 Å². The maximum Gasteiger partial charge on any atom is 0.236 e. The Morgan fingerprint density at radius 2 is 1.88 bits per heavy atom. The van der Waals surface area contributed by atoms with E-state index >= 15 is 0 Å². The maximum absolute atomic E-state index is 11.2. The highest BCUT2D eigenvalue weighted by Gasteiger charge is 2.28. The van der Waals surface area contributed by atoms with Crippen LogP contribution in [-0.4, -0.2) is 21.6 Å². The minimum atomic E-state index is -3.54. The SMILES string of the molecule is O=S(=O)(Cl)Cc1cc2c(c3c1CCO3)OCC2. The molecule has 6 heteroatoms. The number of hydrogen-bond acceptors (Lipinski definition) is 4. The number of rotatable bonds is 2. The zero-order chi connectivity index (χ0) is 12.0. The summed E-state index contributed by atoms with van der Waals surface area (Å²) in [6.07, 6.45) is 1.51. The van der Waals surface area contributed by atoms with E-state index in [1.54, 1.807) is 0 Å². The number of halogens is 1. The minimum Gasteiger partial charge on any atom is -0.489 e. The second kappa shape index (κ2) is 3.78. The van der Waals surface area contributed by atoms with Gasteiger partial charge in [0, 0.05) is 34.7 Å². The van der Waals surface area contributed by atoms with Gasteiger partial charge in [-0.05, 0) is 5.56 Å². The first kappa shape index (κ1) is 11.2. The zero-order valence-corrected chi connectivity index (χ0v) is 10.6. The molecule has 2 aliphatic heterocycles. The number of ether oxygens (including phenoxy) is 2. The Labute approximate surface area is 104 Å². The topological polar surface area (TPSA) is 52.6 Å². The molecular weight excluding hydrogens is 264 g/mol. The summed E-state index contributed by atoms with van der Waals surface area (Å²) in [5.74, 6) is 1.36. The molecule has 92 valence electrons. The molecule has 0 atom stereocenters. The quantitative estimate of drug-likeness (QED) is 0.769. The van der Waals surface area contributed by atoms with Crippen molar-refractivity contribution < 1.29 is 17.9 Å².